The normalized spacial score (nSPS) is 14.1. The number of aromatic nitrogens is 2. The molecular weight excluding hydrogens is 335 g/mol. The van der Waals surface area contributed by atoms with Crippen molar-refractivity contribution >= 4 is 35.0 Å². The summed E-state index contributed by atoms with van der Waals surface area (Å²) in [6, 6.07) is 5.08. The maximum absolute atomic E-state index is 9.33. The lowest BCUT2D eigenvalue weighted by Crippen LogP contribution is -2.15. The van der Waals surface area contributed by atoms with E-state index in [-0.39, 0.29) is 11.9 Å². The molecule has 0 aliphatic heterocycles. The molecule has 0 saturated carbocycles. The van der Waals surface area contributed by atoms with Crippen molar-refractivity contribution in [3.8, 4) is 11.5 Å². The van der Waals surface area contributed by atoms with E-state index in [1.54, 1.807) is 18.2 Å². The van der Waals surface area contributed by atoms with Gasteiger partial charge in [-0.1, -0.05) is 23.2 Å². The van der Waals surface area contributed by atoms with Crippen molar-refractivity contribution in [2.75, 3.05) is 12.4 Å². The Kier molecular flexibility index (Phi) is 5.89. The molecule has 2 aromatic rings. The monoisotopic (exact) mass is 348 g/mol. The fourth-order valence-electron chi connectivity index (χ4n) is 1.52. The van der Waals surface area contributed by atoms with Crippen molar-refractivity contribution in [3.05, 3.63) is 34.1 Å². The Morgan fingerprint density at radius 2 is 2.05 bits per heavy atom. The summed E-state index contributed by atoms with van der Waals surface area (Å²) in [5.41, 5.74) is 0.691. The van der Waals surface area contributed by atoms with E-state index in [1.807, 2.05) is 6.92 Å². The molecule has 1 heterocycles. The first kappa shape index (κ1) is 16.6. The number of aliphatic hydroxyl groups is 2. The van der Waals surface area contributed by atoms with E-state index in [2.05, 4.69) is 10.2 Å². The first-order chi connectivity index (χ1) is 10.0. The number of aliphatic hydroxyl groups excluding tert-OH is 2. The van der Waals surface area contributed by atoms with Crippen LogP contribution in [0.15, 0.2) is 22.6 Å². The van der Waals surface area contributed by atoms with Gasteiger partial charge >= 0.3 is 0 Å². The highest BCUT2D eigenvalue weighted by Gasteiger charge is 2.17. The topological polar surface area (TPSA) is 79.4 Å². The minimum atomic E-state index is -0.755. The highest BCUT2D eigenvalue weighted by molar-refractivity contribution is 7.99. The van der Waals surface area contributed by atoms with Gasteiger partial charge in [-0.3, -0.25) is 0 Å². The second-order valence-electron chi connectivity index (χ2n) is 4.39. The van der Waals surface area contributed by atoms with Crippen LogP contribution in [0.1, 0.15) is 18.1 Å². The van der Waals surface area contributed by atoms with Crippen molar-refractivity contribution < 1.29 is 14.6 Å². The van der Waals surface area contributed by atoms with Crippen LogP contribution < -0.4 is 0 Å². The van der Waals surface area contributed by atoms with Crippen molar-refractivity contribution in [2.24, 2.45) is 0 Å². The Labute approximate surface area is 136 Å². The van der Waals surface area contributed by atoms with E-state index in [0.717, 1.165) is 0 Å². The molecule has 21 heavy (non-hydrogen) atoms. The molecule has 0 bridgehead atoms. The smallest absolute Gasteiger partial charge is 0.247 e. The number of rotatable bonds is 6. The van der Waals surface area contributed by atoms with Crippen LogP contribution in [-0.2, 0) is 0 Å². The zero-order valence-electron chi connectivity index (χ0n) is 11.2. The summed E-state index contributed by atoms with van der Waals surface area (Å²) in [4.78, 5) is 0. The molecule has 0 spiro atoms. The number of benzene rings is 1. The minimum absolute atomic E-state index is 0.0878. The SMILES string of the molecule is CC(SCC(O)CO)c1nnc(-c2ccc(Cl)c(Cl)c2)o1. The van der Waals surface area contributed by atoms with Gasteiger partial charge in [-0.15, -0.1) is 22.0 Å². The van der Waals surface area contributed by atoms with E-state index in [0.29, 0.717) is 33.1 Å². The average Bonchev–Trinajstić information content (AvgIpc) is 2.97. The molecule has 2 rings (SSSR count). The third-order valence-corrected chi connectivity index (χ3v) is 4.72. The zero-order chi connectivity index (χ0) is 15.4. The van der Waals surface area contributed by atoms with E-state index in [4.69, 9.17) is 32.7 Å². The second-order valence-corrected chi connectivity index (χ2v) is 6.57. The fraction of sp³-hybridized carbons (Fsp3) is 0.385. The van der Waals surface area contributed by atoms with E-state index in [1.165, 1.54) is 11.8 Å². The predicted octanol–water partition coefficient (Wildman–Crippen LogP) is 3.19. The summed E-state index contributed by atoms with van der Waals surface area (Å²) in [6.07, 6.45) is -0.755. The van der Waals surface area contributed by atoms with Gasteiger partial charge in [0.1, 0.15) is 0 Å². The minimum Gasteiger partial charge on any atom is -0.420 e. The molecule has 2 atom stereocenters. The van der Waals surface area contributed by atoms with E-state index in [9.17, 15) is 5.11 Å². The van der Waals surface area contributed by atoms with Crippen LogP contribution in [0, 0.1) is 0 Å². The Balaban J connectivity index is 2.08. The molecule has 8 heteroatoms. The summed E-state index contributed by atoms with van der Waals surface area (Å²) in [7, 11) is 0. The summed E-state index contributed by atoms with van der Waals surface area (Å²) in [6.45, 7) is 1.62. The van der Waals surface area contributed by atoms with Gasteiger partial charge in [0.05, 0.1) is 28.0 Å². The number of halogens is 2. The summed E-state index contributed by atoms with van der Waals surface area (Å²) < 4.78 is 5.60. The highest BCUT2D eigenvalue weighted by atomic mass is 35.5. The molecule has 2 unspecified atom stereocenters. The Bertz CT molecular complexity index is 609. The van der Waals surface area contributed by atoms with Crippen molar-refractivity contribution in [1.82, 2.24) is 10.2 Å². The Morgan fingerprint density at radius 1 is 1.29 bits per heavy atom. The Hall–Kier alpha value is -0.790. The van der Waals surface area contributed by atoms with Crippen molar-refractivity contribution in [3.63, 3.8) is 0 Å². The molecule has 5 nitrogen and oxygen atoms in total. The lowest BCUT2D eigenvalue weighted by molar-refractivity contribution is 0.113. The van der Waals surface area contributed by atoms with Gasteiger partial charge in [-0.05, 0) is 25.1 Å². The molecule has 1 aromatic carbocycles. The number of thioether (sulfide) groups is 1. The lowest BCUT2D eigenvalue weighted by atomic mass is 10.2. The van der Waals surface area contributed by atoms with Gasteiger partial charge in [0, 0.05) is 11.3 Å². The van der Waals surface area contributed by atoms with Crippen LogP contribution in [-0.4, -0.2) is 38.9 Å². The maximum atomic E-state index is 9.33. The van der Waals surface area contributed by atoms with E-state index < -0.39 is 6.10 Å². The fourth-order valence-corrected chi connectivity index (χ4v) is 2.68. The molecular formula is C13H14Cl2N2O3S. The number of nitrogens with zero attached hydrogens (tertiary/aromatic N) is 2. The molecule has 1 aromatic heterocycles. The first-order valence-corrected chi connectivity index (χ1v) is 8.01. The van der Waals surface area contributed by atoms with Gasteiger partial charge in [0.2, 0.25) is 11.8 Å². The van der Waals surface area contributed by atoms with Gasteiger partial charge in [0.25, 0.3) is 0 Å². The van der Waals surface area contributed by atoms with Crippen molar-refractivity contribution in [1.29, 1.82) is 0 Å². The van der Waals surface area contributed by atoms with Crippen LogP contribution in [0.2, 0.25) is 10.0 Å². The predicted molar refractivity (Wildman–Crippen MR) is 83.7 cm³/mol. The third kappa shape index (κ3) is 4.34. The molecule has 0 saturated heterocycles. The van der Waals surface area contributed by atoms with Crippen LogP contribution in [0.25, 0.3) is 11.5 Å². The van der Waals surface area contributed by atoms with Crippen LogP contribution >= 0.6 is 35.0 Å². The average molecular weight is 349 g/mol. The largest absolute Gasteiger partial charge is 0.420 e. The van der Waals surface area contributed by atoms with Gasteiger partial charge in [-0.25, -0.2) is 0 Å². The number of hydrogen-bond acceptors (Lipinski definition) is 6. The van der Waals surface area contributed by atoms with Crippen LogP contribution in [0.3, 0.4) is 0 Å². The zero-order valence-corrected chi connectivity index (χ0v) is 13.5. The molecule has 2 N–H and O–H groups in total. The van der Waals surface area contributed by atoms with Crippen LogP contribution in [0.5, 0.6) is 0 Å². The summed E-state index contributed by atoms with van der Waals surface area (Å²) >= 11 is 13.2. The number of hydrogen-bond donors (Lipinski definition) is 2. The van der Waals surface area contributed by atoms with E-state index >= 15 is 0 Å². The molecule has 0 amide bonds. The van der Waals surface area contributed by atoms with Gasteiger partial charge < -0.3 is 14.6 Å². The molecule has 114 valence electrons. The third-order valence-electron chi connectivity index (χ3n) is 2.70. The highest BCUT2D eigenvalue weighted by Crippen LogP contribution is 2.31. The molecule has 0 radical (unpaired) electrons. The maximum Gasteiger partial charge on any atom is 0.247 e. The Morgan fingerprint density at radius 3 is 2.71 bits per heavy atom. The van der Waals surface area contributed by atoms with Crippen LogP contribution in [0.4, 0.5) is 0 Å². The lowest BCUT2D eigenvalue weighted by Gasteiger charge is -2.09. The summed E-state index contributed by atoms with van der Waals surface area (Å²) in [5, 5.41) is 26.9. The van der Waals surface area contributed by atoms with Gasteiger partial charge in [0.15, 0.2) is 0 Å². The quantitative estimate of drug-likeness (QED) is 0.834. The second kappa shape index (κ2) is 7.47. The van der Waals surface area contributed by atoms with Crippen molar-refractivity contribution in [2.45, 2.75) is 18.3 Å². The molecule has 0 aliphatic rings. The van der Waals surface area contributed by atoms with Gasteiger partial charge in [-0.2, -0.15) is 0 Å². The summed E-state index contributed by atoms with van der Waals surface area (Å²) in [5.74, 6) is 1.20. The standard InChI is InChI=1S/C13H14Cl2N2O3S/c1-7(21-6-9(19)5-18)12-16-17-13(20-12)8-2-3-10(14)11(15)4-8/h2-4,7,9,18-19H,5-6H2,1H3. The molecule has 0 fully saturated rings. The first-order valence-electron chi connectivity index (χ1n) is 6.20. The molecule has 0 aliphatic carbocycles.